The van der Waals surface area contributed by atoms with Gasteiger partial charge in [0.2, 0.25) is 0 Å². The second-order valence-electron chi connectivity index (χ2n) is 4.49. The average Bonchev–Trinajstić information content (AvgIpc) is 2.65. The summed E-state index contributed by atoms with van der Waals surface area (Å²) in [6.07, 6.45) is 0. The Bertz CT molecular complexity index is 617. The van der Waals surface area contributed by atoms with Crippen LogP contribution in [-0.2, 0) is 13.7 Å². The standard InChI is InChI=1S/C14H16N2O3/c1-9-4-5-12(14(17)18)13(6-9)19-8-11-7-10(2)15-16(11)3/h4-7H,8H2,1-3H3,(H,17,18). The molecule has 0 radical (unpaired) electrons. The Balaban J connectivity index is 2.21. The van der Waals surface area contributed by atoms with Gasteiger partial charge in [-0.2, -0.15) is 5.10 Å². The van der Waals surface area contributed by atoms with E-state index in [1.165, 1.54) is 0 Å². The Labute approximate surface area is 111 Å². The van der Waals surface area contributed by atoms with Crippen LogP contribution in [0.5, 0.6) is 5.75 Å². The molecule has 1 aromatic heterocycles. The highest BCUT2D eigenvalue weighted by Gasteiger charge is 2.12. The van der Waals surface area contributed by atoms with Gasteiger partial charge in [-0.05, 0) is 37.6 Å². The quantitative estimate of drug-likeness (QED) is 0.916. The molecule has 0 atom stereocenters. The number of nitrogens with zero attached hydrogens (tertiary/aromatic N) is 2. The molecule has 0 spiro atoms. The predicted octanol–water partition coefficient (Wildman–Crippen LogP) is 2.31. The van der Waals surface area contributed by atoms with Crippen molar-refractivity contribution in [3.8, 4) is 5.75 Å². The van der Waals surface area contributed by atoms with E-state index in [1.807, 2.05) is 27.0 Å². The Hall–Kier alpha value is -2.30. The van der Waals surface area contributed by atoms with Crippen molar-refractivity contribution in [3.63, 3.8) is 0 Å². The van der Waals surface area contributed by atoms with Gasteiger partial charge in [-0.1, -0.05) is 6.07 Å². The third-order valence-electron chi connectivity index (χ3n) is 2.84. The first-order valence-electron chi connectivity index (χ1n) is 5.93. The van der Waals surface area contributed by atoms with E-state index in [0.29, 0.717) is 12.4 Å². The third-order valence-corrected chi connectivity index (χ3v) is 2.84. The predicted molar refractivity (Wildman–Crippen MR) is 70.4 cm³/mol. The lowest BCUT2D eigenvalue weighted by molar-refractivity contribution is 0.0691. The van der Waals surface area contributed by atoms with E-state index in [-0.39, 0.29) is 5.56 Å². The molecular weight excluding hydrogens is 244 g/mol. The van der Waals surface area contributed by atoms with Gasteiger partial charge < -0.3 is 9.84 Å². The first-order valence-corrected chi connectivity index (χ1v) is 5.93. The lowest BCUT2D eigenvalue weighted by Crippen LogP contribution is -2.06. The van der Waals surface area contributed by atoms with E-state index in [2.05, 4.69) is 5.10 Å². The number of aryl methyl sites for hydroxylation is 3. The summed E-state index contributed by atoms with van der Waals surface area (Å²) in [5.74, 6) is -0.609. The van der Waals surface area contributed by atoms with Gasteiger partial charge >= 0.3 is 5.97 Å². The molecule has 0 saturated heterocycles. The minimum atomic E-state index is -0.990. The summed E-state index contributed by atoms with van der Waals surface area (Å²) in [5, 5.41) is 13.3. The number of rotatable bonds is 4. The van der Waals surface area contributed by atoms with Crippen LogP contribution in [0.4, 0.5) is 0 Å². The number of carbonyl (C=O) groups is 1. The summed E-state index contributed by atoms with van der Waals surface area (Å²) >= 11 is 0. The summed E-state index contributed by atoms with van der Waals surface area (Å²) in [6, 6.07) is 6.95. The van der Waals surface area contributed by atoms with Gasteiger partial charge in [-0.3, -0.25) is 4.68 Å². The van der Waals surface area contributed by atoms with Crippen molar-refractivity contribution in [2.24, 2.45) is 7.05 Å². The van der Waals surface area contributed by atoms with Gasteiger partial charge in [0, 0.05) is 7.05 Å². The zero-order valence-corrected chi connectivity index (χ0v) is 11.2. The molecule has 0 unspecified atom stereocenters. The number of benzene rings is 1. The first kappa shape index (κ1) is 13.1. The molecule has 100 valence electrons. The number of hydrogen-bond acceptors (Lipinski definition) is 3. The van der Waals surface area contributed by atoms with E-state index in [4.69, 9.17) is 9.84 Å². The van der Waals surface area contributed by atoms with Gasteiger partial charge in [0.15, 0.2) is 0 Å². The largest absolute Gasteiger partial charge is 0.486 e. The molecule has 0 bridgehead atoms. The van der Waals surface area contributed by atoms with Crippen LogP contribution in [0.3, 0.4) is 0 Å². The molecule has 0 aliphatic rings. The lowest BCUT2D eigenvalue weighted by atomic mass is 10.1. The molecule has 0 amide bonds. The van der Waals surface area contributed by atoms with E-state index < -0.39 is 5.97 Å². The van der Waals surface area contributed by atoms with E-state index in [1.54, 1.807) is 22.9 Å². The van der Waals surface area contributed by atoms with Crippen molar-refractivity contribution in [1.29, 1.82) is 0 Å². The lowest BCUT2D eigenvalue weighted by Gasteiger charge is -2.10. The summed E-state index contributed by atoms with van der Waals surface area (Å²) in [6.45, 7) is 4.09. The zero-order chi connectivity index (χ0) is 14.0. The van der Waals surface area contributed by atoms with E-state index in [0.717, 1.165) is 17.0 Å². The van der Waals surface area contributed by atoms with Gasteiger partial charge in [-0.25, -0.2) is 4.79 Å². The molecule has 0 fully saturated rings. The van der Waals surface area contributed by atoms with Crippen LogP contribution in [0.2, 0.25) is 0 Å². The normalized spacial score (nSPS) is 10.5. The van der Waals surface area contributed by atoms with Gasteiger partial charge in [0.25, 0.3) is 0 Å². The highest BCUT2D eigenvalue weighted by atomic mass is 16.5. The molecule has 0 aliphatic carbocycles. The molecule has 2 aromatic rings. The van der Waals surface area contributed by atoms with Gasteiger partial charge in [0.05, 0.1) is 11.4 Å². The molecule has 1 heterocycles. The van der Waals surface area contributed by atoms with Crippen LogP contribution in [0, 0.1) is 13.8 Å². The Morgan fingerprint density at radius 2 is 2.11 bits per heavy atom. The minimum absolute atomic E-state index is 0.171. The fourth-order valence-electron chi connectivity index (χ4n) is 1.88. The molecule has 0 aliphatic heterocycles. The second-order valence-corrected chi connectivity index (χ2v) is 4.49. The summed E-state index contributed by atoms with van der Waals surface area (Å²) < 4.78 is 7.35. The molecule has 5 nitrogen and oxygen atoms in total. The van der Waals surface area contributed by atoms with Crippen LogP contribution >= 0.6 is 0 Å². The molecular formula is C14H16N2O3. The highest BCUT2D eigenvalue weighted by molar-refractivity contribution is 5.90. The van der Waals surface area contributed by atoms with Crippen molar-refractivity contribution in [2.45, 2.75) is 20.5 Å². The van der Waals surface area contributed by atoms with Gasteiger partial charge in [0.1, 0.15) is 17.9 Å². The smallest absolute Gasteiger partial charge is 0.339 e. The average molecular weight is 260 g/mol. The minimum Gasteiger partial charge on any atom is -0.486 e. The fourth-order valence-corrected chi connectivity index (χ4v) is 1.88. The van der Waals surface area contributed by atoms with Crippen LogP contribution in [0.1, 0.15) is 27.3 Å². The molecule has 1 aromatic carbocycles. The number of carboxylic acids is 1. The maximum absolute atomic E-state index is 11.1. The van der Waals surface area contributed by atoms with Crippen LogP contribution in [-0.4, -0.2) is 20.9 Å². The van der Waals surface area contributed by atoms with E-state index in [9.17, 15) is 4.79 Å². The summed E-state index contributed by atoms with van der Waals surface area (Å²) in [4.78, 5) is 11.1. The number of carboxylic acid groups (broad SMARTS) is 1. The summed E-state index contributed by atoms with van der Waals surface area (Å²) in [5.41, 5.74) is 2.94. The van der Waals surface area contributed by atoms with Crippen molar-refractivity contribution in [2.75, 3.05) is 0 Å². The van der Waals surface area contributed by atoms with Crippen molar-refractivity contribution < 1.29 is 14.6 Å². The van der Waals surface area contributed by atoms with Crippen molar-refractivity contribution in [3.05, 3.63) is 46.8 Å². The van der Waals surface area contributed by atoms with Crippen LogP contribution in [0.15, 0.2) is 24.3 Å². The zero-order valence-electron chi connectivity index (χ0n) is 11.2. The highest BCUT2D eigenvalue weighted by Crippen LogP contribution is 2.21. The number of aromatic carboxylic acids is 1. The molecule has 2 rings (SSSR count). The molecule has 0 saturated carbocycles. The monoisotopic (exact) mass is 260 g/mol. The summed E-state index contributed by atoms with van der Waals surface area (Å²) in [7, 11) is 1.83. The maximum atomic E-state index is 11.1. The molecule has 5 heteroatoms. The maximum Gasteiger partial charge on any atom is 0.339 e. The number of hydrogen-bond donors (Lipinski definition) is 1. The number of aromatic nitrogens is 2. The topological polar surface area (TPSA) is 64.3 Å². The van der Waals surface area contributed by atoms with Gasteiger partial charge in [-0.15, -0.1) is 0 Å². The first-order chi connectivity index (χ1) is 8.97. The fraction of sp³-hybridized carbons (Fsp3) is 0.286. The Kier molecular flexibility index (Phi) is 3.55. The number of ether oxygens (including phenoxy) is 1. The molecule has 1 N–H and O–H groups in total. The second kappa shape index (κ2) is 5.14. The van der Waals surface area contributed by atoms with E-state index >= 15 is 0 Å². The SMILES string of the molecule is Cc1ccc(C(=O)O)c(OCc2cc(C)nn2C)c1. The Morgan fingerprint density at radius 3 is 2.68 bits per heavy atom. The van der Waals surface area contributed by atoms with Crippen LogP contribution in [0.25, 0.3) is 0 Å². The Morgan fingerprint density at radius 1 is 1.37 bits per heavy atom. The van der Waals surface area contributed by atoms with Crippen LogP contribution < -0.4 is 4.74 Å². The van der Waals surface area contributed by atoms with Crippen molar-refractivity contribution in [1.82, 2.24) is 9.78 Å². The molecule has 19 heavy (non-hydrogen) atoms. The third kappa shape index (κ3) is 2.93. The van der Waals surface area contributed by atoms with Crippen molar-refractivity contribution >= 4 is 5.97 Å².